The first-order valence-electron chi connectivity index (χ1n) is 8.84. The lowest BCUT2D eigenvalue weighted by atomic mass is 10.3. The average Bonchev–Trinajstić information content (AvgIpc) is 3.39. The van der Waals surface area contributed by atoms with Gasteiger partial charge >= 0.3 is 5.97 Å². The molecule has 0 bridgehead atoms. The van der Waals surface area contributed by atoms with Crippen LogP contribution in [0.1, 0.15) is 33.7 Å². The third-order valence-electron chi connectivity index (χ3n) is 4.03. The molecular weight excluding hydrogens is 396 g/mol. The Bertz CT molecular complexity index is 1070. The quantitative estimate of drug-likeness (QED) is 0.337. The number of aromatic nitrogens is 2. The molecule has 11 heteroatoms. The van der Waals surface area contributed by atoms with Gasteiger partial charge in [-0.1, -0.05) is 0 Å². The van der Waals surface area contributed by atoms with Crippen LogP contribution < -0.4 is 10.1 Å². The van der Waals surface area contributed by atoms with Crippen molar-refractivity contribution in [2.45, 2.75) is 20.1 Å². The molecule has 0 saturated carbocycles. The van der Waals surface area contributed by atoms with Crippen LogP contribution in [0.3, 0.4) is 0 Å². The predicted octanol–water partition coefficient (Wildman–Crippen LogP) is 3.02. The molecule has 0 fully saturated rings. The number of nitrogens with one attached hydrogen (secondary N) is 1. The molecule has 11 nitrogen and oxygen atoms in total. The number of non-ortho nitro benzene ring substituents is 1. The molecule has 1 amide bonds. The van der Waals surface area contributed by atoms with Gasteiger partial charge in [-0.3, -0.25) is 19.6 Å². The van der Waals surface area contributed by atoms with Crippen molar-refractivity contribution in [2.75, 3.05) is 12.4 Å². The third kappa shape index (κ3) is 4.63. The van der Waals surface area contributed by atoms with Crippen LogP contribution in [0.15, 0.2) is 47.0 Å². The molecule has 0 aliphatic heterocycles. The average molecular weight is 414 g/mol. The van der Waals surface area contributed by atoms with Gasteiger partial charge in [-0.05, 0) is 31.2 Å². The molecule has 3 aromatic rings. The van der Waals surface area contributed by atoms with E-state index in [4.69, 9.17) is 9.15 Å². The number of hydrogen-bond acceptors (Lipinski definition) is 8. The van der Waals surface area contributed by atoms with E-state index in [2.05, 4.69) is 15.2 Å². The van der Waals surface area contributed by atoms with Gasteiger partial charge in [0.2, 0.25) is 0 Å². The van der Waals surface area contributed by atoms with E-state index in [0.29, 0.717) is 18.1 Å². The van der Waals surface area contributed by atoms with Crippen LogP contribution in [-0.2, 0) is 17.9 Å². The lowest BCUT2D eigenvalue weighted by Crippen LogP contribution is -2.14. The third-order valence-corrected chi connectivity index (χ3v) is 4.03. The molecule has 2 heterocycles. The molecule has 0 radical (unpaired) electrons. The van der Waals surface area contributed by atoms with E-state index < -0.39 is 16.8 Å². The number of amides is 1. The fourth-order valence-electron chi connectivity index (χ4n) is 2.50. The lowest BCUT2D eigenvalue weighted by Gasteiger charge is -2.04. The maximum absolute atomic E-state index is 12.5. The minimum absolute atomic E-state index is 0.0114. The maximum Gasteiger partial charge on any atom is 0.360 e. The lowest BCUT2D eigenvalue weighted by molar-refractivity contribution is -0.384. The minimum atomic E-state index is -0.672. The van der Waals surface area contributed by atoms with Gasteiger partial charge in [0.25, 0.3) is 11.6 Å². The summed E-state index contributed by atoms with van der Waals surface area (Å²) in [5.41, 5.74) is 0.145. The van der Waals surface area contributed by atoms with Crippen molar-refractivity contribution in [2.24, 2.45) is 0 Å². The molecule has 0 spiro atoms. The second kappa shape index (κ2) is 8.90. The number of benzene rings is 1. The number of aryl methyl sites for hydroxylation is 1. The normalized spacial score (nSPS) is 10.5. The van der Waals surface area contributed by atoms with E-state index in [1.807, 2.05) is 6.92 Å². The summed E-state index contributed by atoms with van der Waals surface area (Å²) < 4.78 is 17.1. The number of nitro benzene ring substituents is 1. The highest BCUT2D eigenvalue weighted by Crippen LogP contribution is 2.20. The number of methoxy groups -OCH3 is 1. The van der Waals surface area contributed by atoms with Crippen molar-refractivity contribution >= 4 is 23.3 Å². The van der Waals surface area contributed by atoms with E-state index in [0.717, 1.165) is 0 Å². The highest BCUT2D eigenvalue weighted by molar-refractivity contribution is 6.05. The summed E-state index contributed by atoms with van der Waals surface area (Å²) in [7, 11) is 1.22. The Kier molecular flexibility index (Phi) is 6.11. The van der Waals surface area contributed by atoms with Gasteiger partial charge in [-0.2, -0.15) is 5.10 Å². The Morgan fingerprint density at radius 1 is 1.23 bits per heavy atom. The summed E-state index contributed by atoms with van der Waals surface area (Å²) in [5.74, 6) is -0.447. The van der Waals surface area contributed by atoms with Crippen molar-refractivity contribution in [3.8, 4) is 5.75 Å². The molecule has 0 aliphatic rings. The van der Waals surface area contributed by atoms with E-state index in [1.165, 1.54) is 48.3 Å². The molecule has 30 heavy (non-hydrogen) atoms. The molecular formula is C19H18N4O7. The van der Waals surface area contributed by atoms with E-state index >= 15 is 0 Å². The van der Waals surface area contributed by atoms with Crippen molar-refractivity contribution in [3.05, 3.63) is 69.9 Å². The largest absolute Gasteiger partial charge is 0.486 e. The number of carbonyl (C=O) groups excluding carboxylic acids is 2. The van der Waals surface area contributed by atoms with Crippen molar-refractivity contribution in [1.82, 2.24) is 9.78 Å². The van der Waals surface area contributed by atoms with Crippen molar-refractivity contribution in [1.29, 1.82) is 0 Å². The number of carbonyl (C=O) groups is 2. The van der Waals surface area contributed by atoms with Gasteiger partial charge in [0.05, 0.1) is 17.7 Å². The highest BCUT2D eigenvalue weighted by atomic mass is 16.6. The molecule has 1 N–H and O–H groups in total. The topological polar surface area (TPSA) is 139 Å². The second-order valence-electron chi connectivity index (χ2n) is 6.00. The monoisotopic (exact) mass is 414 g/mol. The molecule has 1 aromatic carbocycles. The first kappa shape index (κ1) is 20.6. The number of ether oxygens (including phenoxy) is 2. The summed E-state index contributed by atoms with van der Waals surface area (Å²) >= 11 is 0. The van der Waals surface area contributed by atoms with E-state index in [9.17, 15) is 19.7 Å². The van der Waals surface area contributed by atoms with Crippen LogP contribution >= 0.6 is 0 Å². The predicted molar refractivity (Wildman–Crippen MR) is 103 cm³/mol. The number of furan rings is 1. The first-order valence-corrected chi connectivity index (χ1v) is 8.84. The van der Waals surface area contributed by atoms with Gasteiger partial charge in [-0.25, -0.2) is 4.79 Å². The zero-order chi connectivity index (χ0) is 21.7. The number of hydrogen-bond donors (Lipinski definition) is 1. The Hall–Kier alpha value is -4.15. The number of esters is 1. The maximum atomic E-state index is 12.5. The van der Waals surface area contributed by atoms with Crippen LogP contribution in [0.5, 0.6) is 5.75 Å². The zero-order valence-electron chi connectivity index (χ0n) is 16.2. The van der Waals surface area contributed by atoms with Crippen LogP contribution in [0.4, 0.5) is 11.4 Å². The highest BCUT2D eigenvalue weighted by Gasteiger charge is 2.21. The SMILES string of the molecule is CCn1cc(NC(=O)c2ccc(COc3ccc([N+](=O)[O-])cc3)o2)c(C(=O)OC)n1. The fourth-order valence-corrected chi connectivity index (χ4v) is 2.50. The molecule has 0 saturated heterocycles. The summed E-state index contributed by atoms with van der Waals surface area (Å²) in [4.78, 5) is 34.5. The molecule has 0 unspecified atom stereocenters. The van der Waals surface area contributed by atoms with Crippen LogP contribution in [0.2, 0.25) is 0 Å². The summed E-state index contributed by atoms with van der Waals surface area (Å²) in [6.07, 6.45) is 1.52. The van der Waals surface area contributed by atoms with Gasteiger partial charge in [0.1, 0.15) is 18.1 Å². The molecule has 0 atom stereocenters. The molecule has 0 aliphatic carbocycles. The first-order chi connectivity index (χ1) is 14.4. The van der Waals surface area contributed by atoms with Crippen molar-refractivity contribution in [3.63, 3.8) is 0 Å². The second-order valence-corrected chi connectivity index (χ2v) is 6.00. The standard InChI is InChI=1S/C19H18N4O7/c1-3-22-10-15(17(21-22)19(25)28-2)20-18(24)16-9-8-14(30-16)11-29-13-6-4-12(5-7-13)23(26)27/h4-10H,3,11H2,1-2H3,(H,20,24). The zero-order valence-corrected chi connectivity index (χ0v) is 16.2. The summed E-state index contributed by atoms with van der Waals surface area (Å²) in [6, 6.07) is 8.61. The Morgan fingerprint density at radius 3 is 2.60 bits per heavy atom. The van der Waals surface area contributed by atoms with Crippen LogP contribution in [0.25, 0.3) is 0 Å². The number of rotatable bonds is 8. The van der Waals surface area contributed by atoms with E-state index in [1.54, 1.807) is 6.07 Å². The van der Waals surface area contributed by atoms with Gasteiger partial charge < -0.3 is 19.2 Å². The van der Waals surface area contributed by atoms with Crippen LogP contribution in [-0.4, -0.2) is 33.7 Å². The summed E-state index contributed by atoms with van der Waals surface area (Å²) in [5, 5.41) is 17.3. The number of anilines is 1. The fraction of sp³-hybridized carbons (Fsp3) is 0.211. The van der Waals surface area contributed by atoms with Gasteiger partial charge in [-0.15, -0.1) is 0 Å². The van der Waals surface area contributed by atoms with Crippen molar-refractivity contribution < 1.29 is 28.4 Å². The Labute approximate surface area is 170 Å². The Morgan fingerprint density at radius 2 is 1.97 bits per heavy atom. The number of nitro groups is 1. The summed E-state index contributed by atoms with van der Waals surface area (Å²) in [6.45, 7) is 2.36. The van der Waals surface area contributed by atoms with Gasteiger partial charge in [0, 0.05) is 24.9 Å². The minimum Gasteiger partial charge on any atom is -0.486 e. The number of nitrogens with zero attached hydrogens (tertiary/aromatic N) is 3. The van der Waals surface area contributed by atoms with Crippen LogP contribution in [0, 0.1) is 10.1 Å². The molecule has 2 aromatic heterocycles. The van der Waals surface area contributed by atoms with Gasteiger partial charge in [0.15, 0.2) is 11.5 Å². The molecule has 156 valence electrons. The smallest absolute Gasteiger partial charge is 0.360 e. The molecule has 3 rings (SSSR count). The van der Waals surface area contributed by atoms with E-state index in [-0.39, 0.29) is 29.4 Å². The Balaban J connectivity index is 1.64.